The zero-order chi connectivity index (χ0) is 14.8. The number of H-pyrrole nitrogens is 1. The topological polar surface area (TPSA) is 32.9 Å². The van der Waals surface area contributed by atoms with Crippen LogP contribution in [-0.2, 0) is 6.42 Å². The average molecular weight is 277 g/mol. The summed E-state index contributed by atoms with van der Waals surface area (Å²) in [5.41, 5.74) is 4.22. The lowest BCUT2D eigenvalue weighted by Crippen LogP contribution is -2.07. The van der Waals surface area contributed by atoms with E-state index in [4.69, 9.17) is 0 Å². The van der Waals surface area contributed by atoms with Crippen LogP contribution in [0, 0.1) is 5.92 Å². The Kier molecular flexibility index (Phi) is 3.61. The summed E-state index contributed by atoms with van der Waals surface area (Å²) in [6.45, 7) is 4.31. The summed E-state index contributed by atoms with van der Waals surface area (Å²) >= 11 is 0. The minimum atomic E-state index is 0.0946. The third-order valence-corrected chi connectivity index (χ3v) is 3.62. The fourth-order valence-corrected chi connectivity index (χ4v) is 2.66. The molecule has 0 saturated carbocycles. The number of benzene rings is 2. The Hall–Kier alpha value is -2.35. The van der Waals surface area contributed by atoms with Crippen molar-refractivity contribution < 1.29 is 0 Å². The number of aromatic nitrogens is 1. The van der Waals surface area contributed by atoms with Crippen LogP contribution in [0.4, 0.5) is 0 Å². The molecule has 0 aliphatic carbocycles. The Morgan fingerprint density at radius 1 is 0.952 bits per heavy atom. The molecule has 0 fully saturated rings. The van der Waals surface area contributed by atoms with Crippen LogP contribution in [0.3, 0.4) is 0 Å². The van der Waals surface area contributed by atoms with Crippen molar-refractivity contribution >= 4 is 10.9 Å². The van der Waals surface area contributed by atoms with Gasteiger partial charge in [0.1, 0.15) is 0 Å². The number of nitrogens with one attached hydrogen (secondary N) is 1. The average Bonchev–Trinajstić information content (AvgIpc) is 2.47. The highest BCUT2D eigenvalue weighted by Crippen LogP contribution is 2.22. The van der Waals surface area contributed by atoms with E-state index in [0.29, 0.717) is 5.92 Å². The third-order valence-electron chi connectivity index (χ3n) is 3.62. The fourth-order valence-electron chi connectivity index (χ4n) is 2.66. The molecule has 0 aliphatic heterocycles. The van der Waals surface area contributed by atoms with Crippen molar-refractivity contribution in [2.45, 2.75) is 20.3 Å². The molecule has 1 N–H and O–H groups in total. The largest absolute Gasteiger partial charge is 0.358 e. The van der Waals surface area contributed by atoms with Crippen LogP contribution in [0.5, 0.6) is 0 Å². The number of pyridine rings is 1. The van der Waals surface area contributed by atoms with E-state index in [2.05, 4.69) is 37.0 Å². The minimum Gasteiger partial charge on any atom is -0.358 e. The van der Waals surface area contributed by atoms with E-state index in [1.54, 1.807) is 6.07 Å². The van der Waals surface area contributed by atoms with Crippen molar-refractivity contribution in [3.8, 4) is 11.1 Å². The maximum absolute atomic E-state index is 12.3. The summed E-state index contributed by atoms with van der Waals surface area (Å²) in [7, 11) is 0. The molecule has 1 heterocycles. The maximum Gasteiger partial charge on any atom is 0.189 e. The molecule has 21 heavy (non-hydrogen) atoms. The zero-order valence-corrected chi connectivity index (χ0v) is 12.4. The molecular formula is C19H19NO. The molecule has 2 aromatic carbocycles. The van der Waals surface area contributed by atoms with Crippen molar-refractivity contribution in [1.82, 2.24) is 4.98 Å². The van der Waals surface area contributed by atoms with Gasteiger partial charge in [0.05, 0.1) is 0 Å². The Bertz CT molecular complexity index is 816. The third kappa shape index (κ3) is 2.89. The van der Waals surface area contributed by atoms with Crippen LogP contribution in [0.1, 0.15) is 19.5 Å². The summed E-state index contributed by atoms with van der Waals surface area (Å²) in [5, 5.41) is 0.754. The fraction of sp³-hybridized carbons (Fsp3) is 0.211. The van der Waals surface area contributed by atoms with Crippen LogP contribution >= 0.6 is 0 Å². The molecule has 1 aromatic heterocycles. The summed E-state index contributed by atoms with van der Waals surface area (Å²) in [6, 6.07) is 17.9. The minimum absolute atomic E-state index is 0.0946. The summed E-state index contributed by atoms with van der Waals surface area (Å²) in [6.07, 6.45) is 0.894. The van der Waals surface area contributed by atoms with Gasteiger partial charge in [0.2, 0.25) is 0 Å². The van der Waals surface area contributed by atoms with Crippen molar-refractivity contribution in [2.24, 2.45) is 5.92 Å². The summed E-state index contributed by atoms with van der Waals surface area (Å²) in [5.74, 6) is 0.529. The Morgan fingerprint density at radius 2 is 1.71 bits per heavy atom. The predicted octanol–water partition coefficient (Wildman–Crippen LogP) is 4.39. The first-order chi connectivity index (χ1) is 10.1. The number of hydrogen-bond donors (Lipinski definition) is 1. The highest BCUT2D eigenvalue weighted by atomic mass is 16.1. The first-order valence-electron chi connectivity index (χ1n) is 7.35. The standard InChI is InChI=1S/C19H19NO/c1-13(2)10-16-12-19(21)17-11-15(8-9-18(17)20-16)14-6-4-3-5-7-14/h3-9,11-13H,10H2,1-2H3,(H,20,21). The van der Waals surface area contributed by atoms with Crippen LogP contribution < -0.4 is 5.43 Å². The lowest BCUT2D eigenvalue weighted by atomic mass is 10.0. The van der Waals surface area contributed by atoms with E-state index in [1.807, 2.05) is 30.3 Å². The molecule has 3 aromatic rings. The highest BCUT2D eigenvalue weighted by molar-refractivity contribution is 5.84. The van der Waals surface area contributed by atoms with E-state index in [0.717, 1.165) is 34.1 Å². The number of rotatable bonds is 3. The molecule has 0 saturated heterocycles. The van der Waals surface area contributed by atoms with Crippen molar-refractivity contribution in [3.05, 3.63) is 70.5 Å². The van der Waals surface area contributed by atoms with E-state index in [-0.39, 0.29) is 5.43 Å². The summed E-state index contributed by atoms with van der Waals surface area (Å²) < 4.78 is 0. The molecule has 0 radical (unpaired) electrons. The molecule has 0 bridgehead atoms. The van der Waals surface area contributed by atoms with Gasteiger partial charge in [0.15, 0.2) is 5.43 Å². The van der Waals surface area contributed by atoms with Crippen molar-refractivity contribution in [2.75, 3.05) is 0 Å². The van der Waals surface area contributed by atoms with E-state index in [1.165, 1.54) is 0 Å². The van der Waals surface area contributed by atoms with Gasteiger partial charge in [0.25, 0.3) is 0 Å². The van der Waals surface area contributed by atoms with Gasteiger partial charge in [-0.15, -0.1) is 0 Å². The quantitative estimate of drug-likeness (QED) is 0.756. The Labute approximate surface area is 124 Å². The molecule has 2 heteroatoms. The molecule has 3 rings (SSSR count). The van der Waals surface area contributed by atoms with Crippen LogP contribution in [0.2, 0.25) is 0 Å². The van der Waals surface area contributed by atoms with E-state index >= 15 is 0 Å². The zero-order valence-electron chi connectivity index (χ0n) is 12.4. The molecule has 0 spiro atoms. The second-order valence-corrected chi connectivity index (χ2v) is 5.88. The van der Waals surface area contributed by atoms with Crippen molar-refractivity contribution in [3.63, 3.8) is 0 Å². The van der Waals surface area contributed by atoms with Gasteiger partial charge in [0, 0.05) is 22.7 Å². The Morgan fingerprint density at radius 3 is 2.43 bits per heavy atom. The smallest absolute Gasteiger partial charge is 0.189 e. The monoisotopic (exact) mass is 277 g/mol. The van der Waals surface area contributed by atoms with Gasteiger partial charge in [-0.2, -0.15) is 0 Å². The van der Waals surface area contributed by atoms with Gasteiger partial charge in [-0.05, 0) is 35.6 Å². The van der Waals surface area contributed by atoms with Gasteiger partial charge in [-0.25, -0.2) is 0 Å². The lowest BCUT2D eigenvalue weighted by Gasteiger charge is -2.08. The second-order valence-electron chi connectivity index (χ2n) is 5.88. The van der Waals surface area contributed by atoms with Gasteiger partial charge >= 0.3 is 0 Å². The summed E-state index contributed by atoms with van der Waals surface area (Å²) in [4.78, 5) is 15.7. The SMILES string of the molecule is CC(C)Cc1cc(=O)c2cc(-c3ccccc3)ccc2[nH]1. The van der Waals surface area contributed by atoms with E-state index in [9.17, 15) is 4.79 Å². The maximum atomic E-state index is 12.3. The molecule has 106 valence electrons. The Balaban J connectivity index is 2.11. The molecule has 0 unspecified atom stereocenters. The lowest BCUT2D eigenvalue weighted by molar-refractivity contribution is 0.636. The van der Waals surface area contributed by atoms with Crippen LogP contribution in [0.15, 0.2) is 59.4 Å². The molecule has 2 nitrogen and oxygen atoms in total. The first kappa shape index (κ1) is 13.6. The number of aromatic amines is 1. The molecular weight excluding hydrogens is 258 g/mol. The van der Waals surface area contributed by atoms with E-state index < -0.39 is 0 Å². The number of fused-ring (bicyclic) bond motifs is 1. The predicted molar refractivity (Wildman–Crippen MR) is 88.5 cm³/mol. The van der Waals surface area contributed by atoms with Crippen LogP contribution in [-0.4, -0.2) is 4.98 Å². The first-order valence-corrected chi connectivity index (χ1v) is 7.35. The number of hydrogen-bond acceptors (Lipinski definition) is 1. The van der Waals surface area contributed by atoms with Gasteiger partial charge < -0.3 is 4.98 Å². The second kappa shape index (κ2) is 5.57. The highest BCUT2D eigenvalue weighted by Gasteiger charge is 2.06. The molecule has 0 amide bonds. The van der Waals surface area contributed by atoms with Gasteiger partial charge in [-0.1, -0.05) is 50.2 Å². The van der Waals surface area contributed by atoms with Gasteiger partial charge in [-0.3, -0.25) is 4.79 Å². The molecule has 0 aliphatic rings. The van der Waals surface area contributed by atoms with Crippen LogP contribution in [0.25, 0.3) is 22.0 Å². The van der Waals surface area contributed by atoms with Crippen molar-refractivity contribution in [1.29, 1.82) is 0 Å². The normalized spacial score (nSPS) is 11.2. The molecule has 0 atom stereocenters.